The van der Waals surface area contributed by atoms with Crippen molar-refractivity contribution in [3.05, 3.63) is 42.4 Å². The van der Waals surface area contributed by atoms with E-state index in [9.17, 15) is 4.39 Å². The van der Waals surface area contributed by atoms with Crippen LogP contribution in [0.3, 0.4) is 0 Å². The van der Waals surface area contributed by atoms with Gasteiger partial charge in [0.1, 0.15) is 5.76 Å². The zero-order valence-electron chi connectivity index (χ0n) is 14.2. The zero-order chi connectivity index (χ0) is 17.1. The van der Waals surface area contributed by atoms with Crippen LogP contribution in [0.1, 0.15) is 18.6 Å². The topological polar surface area (TPSA) is 54.6 Å². The average Bonchev–Trinajstić information content (AvgIpc) is 3.04. The van der Waals surface area contributed by atoms with Crippen LogP contribution in [0, 0.1) is 11.2 Å². The van der Waals surface area contributed by atoms with Crippen LogP contribution in [0.4, 0.5) is 10.3 Å². The van der Waals surface area contributed by atoms with Gasteiger partial charge in [-0.25, -0.2) is 14.4 Å². The number of aromatic nitrogens is 2. The molecule has 0 bridgehead atoms. The van der Waals surface area contributed by atoms with Gasteiger partial charge in [0.25, 0.3) is 0 Å². The molecule has 25 heavy (non-hydrogen) atoms. The van der Waals surface area contributed by atoms with Gasteiger partial charge in [0, 0.05) is 25.0 Å². The van der Waals surface area contributed by atoms with Gasteiger partial charge < -0.3 is 14.1 Å². The van der Waals surface area contributed by atoms with E-state index >= 15 is 0 Å². The summed E-state index contributed by atoms with van der Waals surface area (Å²) in [5.41, 5.74) is 0.0408. The third kappa shape index (κ3) is 3.82. The Labute approximate surface area is 146 Å². The van der Waals surface area contributed by atoms with E-state index in [0.717, 1.165) is 57.9 Å². The molecule has 2 fully saturated rings. The summed E-state index contributed by atoms with van der Waals surface area (Å²) in [4.78, 5) is 12.9. The molecular formula is C18H23FN4O2. The number of ether oxygens (including phenoxy) is 1. The van der Waals surface area contributed by atoms with Gasteiger partial charge in [-0.15, -0.1) is 0 Å². The third-order valence-electron chi connectivity index (χ3n) is 5.03. The van der Waals surface area contributed by atoms with Crippen LogP contribution in [-0.4, -0.2) is 54.3 Å². The molecule has 6 nitrogen and oxygen atoms in total. The molecule has 2 aromatic rings. The normalized spacial score (nSPS) is 25.2. The smallest absolute Gasteiger partial charge is 0.225 e. The Bertz CT molecular complexity index is 679. The third-order valence-corrected chi connectivity index (χ3v) is 5.03. The number of anilines is 1. The van der Waals surface area contributed by atoms with E-state index in [-0.39, 0.29) is 5.41 Å². The van der Waals surface area contributed by atoms with Crippen LogP contribution < -0.4 is 4.90 Å². The van der Waals surface area contributed by atoms with Gasteiger partial charge in [0.2, 0.25) is 5.95 Å². The van der Waals surface area contributed by atoms with E-state index in [1.54, 1.807) is 6.26 Å². The number of furan rings is 1. The minimum atomic E-state index is -0.410. The van der Waals surface area contributed by atoms with E-state index in [2.05, 4.69) is 19.8 Å². The summed E-state index contributed by atoms with van der Waals surface area (Å²) < 4.78 is 24.6. The van der Waals surface area contributed by atoms with Crippen molar-refractivity contribution >= 4 is 5.95 Å². The molecule has 0 aliphatic carbocycles. The standard InChI is InChI=1S/C18H23FN4O2/c19-15-9-20-17(21-10-15)23-6-8-24-14-18(13-23)4-2-5-22(12-18)11-16-3-1-7-25-16/h1,3,7,9-10H,2,4-6,8,11-14H2/t18-/m1/s1. The highest BCUT2D eigenvalue weighted by atomic mass is 19.1. The molecule has 0 saturated carbocycles. The van der Waals surface area contributed by atoms with Crippen molar-refractivity contribution in [2.24, 2.45) is 5.41 Å². The van der Waals surface area contributed by atoms with Gasteiger partial charge in [-0.1, -0.05) is 0 Å². The minimum absolute atomic E-state index is 0.0408. The Morgan fingerprint density at radius 3 is 2.88 bits per heavy atom. The van der Waals surface area contributed by atoms with Crippen molar-refractivity contribution in [1.29, 1.82) is 0 Å². The molecule has 0 radical (unpaired) electrons. The second kappa shape index (κ2) is 7.09. The van der Waals surface area contributed by atoms with Crippen LogP contribution in [0.5, 0.6) is 0 Å². The number of likely N-dealkylation sites (tertiary alicyclic amines) is 1. The number of piperidine rings is 1. The lowest BCUT2D eigenvalue weighted by molar-refractivity contribution is 0.00877. The molecule has 4 rings (SSSR count). The van der Waals surface area contributed by atoms with Gasteiger partial charge in [-0.05, 0) is 31.5 Å². The molecule has 1 atom stereocenters. The van der Waals surface area contributed by atoms with Crippen molar-refractivity contribution in [3.63, 3.8) is 0 Å². The Kier molecular flexibility index (Phi) is 4.67. The Balaban J connectivity index is 1.49. The van der Waals surface area contributed by atoms with E-state index in [1.165, 1.54) is 12.4 Å². The van der Waals surface area contributed by atoms with Gasteiger partial charge in [0.05, 0.1) is 38.4 Å². The van der Waals surface area contributed by atoms with Crippen LogP contribution in [0.25, 0.3) is 0 Å². The molecule has 2 aromatic heterocycles. The molecule has 2 aliphatic heterocycles. The fourth-order valence-corrected chi connectivity index (χ4v) is 3.95. The molecule has 0 unspecified atom stereocenters. The molecule has 134 valence electrons. The maximum absolute atomic E-state index is 13.1. The summed E-state index contributed by atoms with van der Waals surface area (Å²) >= 11 is 0. The van der Waals surface area contributed by atoms with Crippen LogP contribution in [0.15, 0.2) is 35.2 Å². The van der Waals surface area contributed by atoms with Crippen molar-refractivity contribution in [3.8, 4) is 0 Å². The molecular weight excluding hydrogens is 323 g/mol. The first-order valence-corrected chi connectivity index (χ1v) is 8.77. The maximum atomic E-state index is 13.1. The second-order valence-corrected chi connectivity index (χ2v) is 7.07. The largest absolute Gasteiger partial charge is 0.468 e. The highest BCUT2D eigenvalue weighted by Gasteiger charge is 2.39. The highest BCUT2D eigenvalue weighted by Crippen LogP contribution is 2.34. The van der Waals surface area contributed by atoms with E-state index < -0.39 is 5.82 Å². The van der Waals surface area contributed by atoms with Gasteiger partial charge in [-0.3, -0.25) is 4.90 Å². The lowest BCUT2D eigenvalue weighted by atomic mass is 9.80. The number of rotatable bonds is 3. The van der Waals surface area contributed by atoms with E-state index in [1.807, 2.05) is 12.1 Å². The average molecular weight is 346 g/mol. The van der Waals surface area contributed by atoms with Crippen LogP contribution in [-0.2, 0) is 11.3 Å². The van der Waals surface area contributed by atoms with Gasteiger partial charge in [0.15, 0.2) is 5.82 Å². The highest BCUT2D eigenvalue weighted by molar-refractivity contribution is 5.30. The Morgan fingerprint density at radius 2 is 2.08 bits per heavy atom. The van der Waals surface area contributed by atoms with Crippen molar-refractivity contribution in [1.82, 2.24) is 14.9 Å². The van der Waals surface area contributed by atoms with E-state index in [4.69, 9.17) is 9.15 Å². The minimum Gasteiger partial charge on any atom is -0.468 e. The summed E-state index contributed by atoms with van der Waals surface area (Å²) in [5.74, 6) is 1.16. The molecule has 1 spiro atoms. The number of hydrogen-bond acceptors (Lipinski definition) is 6. The predicted molar refractivity (Wildman–Crippen MR) is 90.7 cm³/mol. The molecule has 0 N–H and O–H groups in total. The van der Waals surface area contributed by atoms with Crippen molar-refractivity contribution < 1.29 is 13.5 Å². The number of halogens is 1. The molecule has 4 heterocycles. The summed E-state index contributed by atoms with van der Waals surface area (Å²) in [5, 5.41) is 0. The van der Waals surface area contributed by atoms with Crippen LogP contribution in [0.2, 0.25) is 0 Å². The van der Waals surface area contributed by atoms with Crippen molar-refractivity contribution in [2.45, 2.75) is 19.4 Å². The molecule has 2 saturated heterocycles. The van der Waals surface area contributed by atoms with Gasteiger partial charge >= 0.3 is 0 Å². The molecule has 0 aromatic carbocycles. The Morgan fingerprint density at radius 1 is 1.20 bits per heavy atom. The summed E-state index contributed by atoms with van der Waals surface area (Å²) in [6, 6.07) is 3.95. The lowest BCUT2D eigenvalue weighted by Crippen LogP contribution is -2.50. The number of nitrogens with zero attached hydrogens (tertiary/aromatic N) is 4. The molecule has 0 amide bonds. The SMILES string of the molecule is Fc1cnc(N2CCOC[C@@]3(CCCN(Cc4ccco4)C3)C2)nc1. The summed E-state index contributed by atoms with van der Waals surface area (Å²) in [6.45, 7) is 5.77. The first-order chi connectivity index (χ1) is 12.2. The molecule has 7 heteroatoms. The summed E-state index contributed by atoms with van der Waals surface area (Å²) in [6.07, 6.45) is 6.41. The zero-order valence-corrected chi connectivity index (χ0v) is 14.2. The van der Waals surface area contributed by atoms with Crippen molar-refractivity contribution in [2.75, 3.05) is 44.3 Å². The lowest BCUT2D eigenvalue weighted by Gasteiger charge is -2.43. The fourth-order valence-electron chi connectivity index (χ4n) is 3.95. The molecule has 2 aliphatic rings. The first kappa shape index (κ1) is 16.5. The quantitative estimate of drug-likeness (QED) is 0.850. The fraction of sp³-hybridized carbons (Fsp3) is 0.556. The second-order valence-electron chi connectivity index (χ2n) is 7.07. The maximum Gasteiger partial charge on any atom is 0.225 e. The van der Waals surface area contributed by atoms with Crippen LogP contribution >= 0.6 is 0 Å². The number of hydrogen-bond donors (Lipinski definition) is 0. The first-order valence-electron chi connectivity index (χ1n) is 8.77. The predicted octanol–water partition coefficient (Wildman–Crippen LogP) is 2.33. The Hall–Kier alpha value is -1.99. The summed E-state index contributed by atoms with van der Waals surface area (Å²) in [7, 11) is 0. The van der Waals surface area contributed by atoms with E-state index in [0.29, 0.717) is 12.6 Å². The van der Waals surface area contributed by atoms with Gasteiger partial charge in [-0.2, -0.15) is 0 Å². The monoisotopic (exact) mass is 346 g/mol.